The number of thiophene rings is 1. The lowest BCUT2D eigenvalue weighted by Crippen LogP contribution is -2.23. The first-order valence-electron chi connectivity index (χ1n) is 6.03. The van der Waals surface area contributed by atoms with Gasteiger partial charge in [-0.1, -0.05) is 13.0 Å². The normalized spacial score (nSPS) is 12.8. The van der Waals surface area contributed by atoms with Crippen LogP contribution in [-0.4, -0.2) is 16.1 Å². The van der Waals surface area contributed by atoms with Crippen molar-refractivity contribution in [1.82, 2.24) is 14.9 Å². The van der Waals surface area contributed by atoms with Gasteiger partial charge in [-0.2, -0.15) is 0 Å². The Morgan fingerprint density at radius 2 is 2.41 bits per heavy atom. The smallest absolute Gasteiger partial charge is 0.0946 e. The monoisotopic (exact) mass is 249 g/mol. The maximum atomic E-state index is 4.20. The summed E-state index contributed by atoms with van der Waals surface area (Å²) < 4.78 is 2.10. The summed E-state index contributed by atoms with van der Waals surface area (Å²) in [5, 5.41) is 5.67. The van der Waals surface area contributed by atoms with Crippen LogP contribution in [0.4, 0.5) is 0 Å². The second-order valence-electron chi connectivity index (χ2n) is 4.16. The van der Waals surface area contributed by atoms with Crippen molar-refractivity contribution >= 4 is 11.3 Å². The second kappa shape index (κ2) is 5.98. The highest BCUT2D eigenvalue weighted by molar-refractivity contribution is 7.09. The molecule has 2 aromatic heterocycles. The van der Waals surface area contributed by atoms with Crippen LogP contribution >= 0.6 is 11.3 Å². The van der Waals surface area contributed by atoms with Crippen LogP contribution in [0.25, 0.3) is 0 Å². The van der Waals surface area contributed by atoms with E-state index in [2.05, 4.69) is 46.4 Å². The van der Waals surface area contributed by atoms with Crippen LogP contribution in [0, 0.1) is 0 Å². The molecule has 1 unspecified atom stereocenters. The Morgan fingerprint density at radius 3 is 3.00 bits per heavy atom. The van der Waals surface area contributed by atoms with Crippen molar-refractivity contribution in [2.45, 2.75) is 25.8 Å². The summed E-state index contributed by atoms with van der Waals surface area (Å²) in [6.07, 6.45) is 6.07. The van der Waals surface area contributed by atoms with E-state index in [0.29, 0.717) is 6.04 Å². The van der Waals surface area contributed by atoms with Gasteiger partial charge in [0, 0.05) is 24.2 Å². The Hall–Kier alpha value is -1.13. The zero-order chi connectivity index (χ0) is 12.1. The lowest BCUT2D eigenvalue weighted by Gasteiger charge is -2.17. The Balaban J connectivity index is 2.00. The van der Waals surface area contributed by atoms with Gasteiger partial charge >= 0.3 is 0 Å². The predicted molar refractivity (Wildman–Crippen MR) is 72.3 cm³/mol. The number of rotatable bonds is 6. The van der Waals surface area contributed by atoms with Gasteiger partial charge in [0.2, 0.25) is 0 Å². The highest BCUT2D eigenvalue weighted by Gasteiger charge is 2.13. The molecule has 2 aromatic rings. The number of hydrogen-bond donors (Lipinski definition) is 1. The summed E-state index contributed by atoms with van der Waals surface area (Å²) in [5.74, 6) is 0. The Kier molecular flexibility index (Phi) is 4.34. The van der Waals surface area contributed by atoms with E-state index in [-0.39, 0.29) is 0 Å². The molecule has 2 rings (SSSR count). The van der Waals surface area contributed by atoms with E-state index in [1.54, 1.807) is 0 Å². The van der Waals surface area contributed by atoms with Crippen molar-refractivity contribution < 1.29 is 0 Å². The molecule has 0 bridgehead atoms. The summed E-state index contributed by atoms with van der Waals surface area (Å²) in [4.78, 5) is 5.65. The number of hydrogen-bond acceptors (Lipinski definition) is 3. The lowest BCUT2D eigenvalue weighted by atomic mass is 10.1. The fraction of sp³-hybridized carbons (Fsp3) is 0.462. The van der Waals surface area contributed by atoms with Gasteiger partial charge in [0.15, 0.2) is 0 Å². The molecule has 0 aliphatic carbocycles. The first-order valence-corrected chi connectivity index (χ1v) is 6.91. The third kappa shape index (κ3) is 3.17. The molecule has 3 nitrogen and oxygen atoms in total. The number of aryl methyl sites for hydroxylation is 2. The largest absolute Gasteiger partial charge is 0.336 e. The molecule has 17 heavy (non-hydrogen) atoms. The van der Waals surface area contributed by atoms with Crippen molar-refractivity contribution in [2.24, 2.45) is 7.05 Å². The zero-order valence-corrected chi connectivity index (χ0v) is 11.2. The maximum absolute atomic E-state index is 4.20. The lowest BCUT2D eigenvalue weighted by molar-refractivity contribution is 0.492. The van der Waals surface area contributed by atoms with Gasteiger partial charge in [-0.15, -0.1) is 11.3 Å². The van der Waals surface area contributed by atoms with Crippen molar-refractivity contribution in [3.63, 3.8) is 0 Å². The number of imidazole rings is 1. The minimum absolute atomic E-state index is 0.398. The minimum Gasteiger partial charge on any atom is -0.336 e. The third-order valence-corrected chi connectivity index (χ3v) is 3.86. The van der Waals surface area contributed by atoms with Crippen LogP contribution in [0.5, 0.6) is 0 Å². The summed E-state index contributed by atoms with van der Waals surface area (Å²) in [6, 6.07) is 4.72. The highest BCUT2D eigenvalue weighted by Crippen LogP contribution is 2.20. The predicted octanol–water partition coefficient (Wildman–Crippen LogP) is 2.77. The molecule has 1 atom stereocenters. The maximum Gasteiger partial charge on any atom is 0.0946 e. The Morgan fingerprint density at radius 1 is 1.53 bits per heavy atom. The first kappa shape index (κ1) is 12.3. The number of aromatic nitrogens is 2. The molecule has 0 spiro atoms. The summed E-state index contributed by atoms with van der Waals surface area (Å²) in [6.45, 7) is 3.13. The van der Waals surface area contributed by atoms with E-state index in [0.717, 1.165) is 19.4 Å². The second-order valence-corrected chi connectivity index (χ2v) is 5.19. The highest BCUT2D eigenvalue weighted by atomic mass is 32.1. The molecule has 0 fully saturated rings. The molecule has 0 aliphatic rings. The standard InChI is InChI=1S/C13H19N3S/c1-3-15-12(13-9-14-10-16(13)2)7-6-11-5-4-8-17-11/h4-5,8-10,12,15H,3,6-7H2,1-2H3. The van der Waals surface area contributed by atoms with Crippen LogP contribution in [0.2, 0.25) is 0 Å². The first-order chi connectivity index (χ1) is 8.31. The molecule has 0 aliphatic heterocycles. The van der Waals surface area contributed by atoms with E-state index < -0.39 is 0 Å². The summed E-state index contributed by atoms with van der Waals surface area (Å²) in [5.41, 5.74) is 1.27. The van der Waals surface area contributed by atoms with E-state index in [4.69, 9.17) is 0 Å². The summed E-state index contributed by atoms with van der Waals surface area (Å²) in [7, 11) is 2.05. The van der Waals surface area contributed by atoms with Gasteiger partial charge < -0.3 is 9.88 Å². The fourth-order valence-corrected chi connectivity index (χ4v) is 2.77. The molecule has 0 saturated carbocycles. The Bertz CT molecular complexity index is 433. The molecular formula is C13H19N3S. The van der Waals surface area contributed by atoms with Gasteiger partial charge in [0.25, 0.3) is 0 Å². The minimum atomic E-state index is 0.398. The van der Waals surface area contributed by atoms with Crippen molar-refractivity contribution in [3.05, 3.63) is 40.6 Å². The number of nitrogens with zero attached hydrogens (tertiary/aromatic N) is 2. The van der Waals surface area contributed by atoms with E-state index in [1.165, 1.54) is 10.6 Å². The average Bonchev–Trinajstić information content (AvgIpc) is 2.95. The number of nitrogens with one attached hydrogen (secondary N) is 1. The zero-order valence-electron chi connectivity index (χ0n) is 10.4. The van der Waals surface area contributed by atoms with Crippen molar-refractivity contribution in [3.8, 4) is 0 Å². The van der Waals surface area contributed by atoms with E-state index in [9.17, 15) is 0 Å². The molecule has 1 N–H and O–H groups in total. The molecule has 4 heteroatoms. The summed E-state index contributed by atoms with van der Waals surface area (Å²) >= 11 is 1.83. The van der Waals surface area contributed by atoms with Crippen molar-refractivity contribution in [1.29, 1.82) is 0 Å². The third-order valence-electron chi connectivity index (χ3n) is 2.92. The van der Waals surface area contributed by atoms with Gasteiger partial charge in [-0.05, 0) is 30.8 Å². The van der Waals surface area contributed by atoms with Gasteiger partial charge in [0.05, 0.1) is 12.0 Å². The van der Waals surface area contributed by atoms with Crippen molar-refractivity contribution in [2.75, 3.05) is 6.54 Å². The quantitative estimate of drug-likeness (QED) is 0.853. The average molecular weight is 249 g/mol. The fourth-order valence-electron chi connectivity index (χ4n) is 2.05. The SMILES string of the molecule is CCNC(CCc1cccs1)c1cncn1C. The molecular weight excluding hydrogens is 230 g/mol. The van der Waals surface area contributed by atoms with Crippen LogP contribution in [-0.2, 0) is 13.5 Å². The molecule has 0 aromatic carbocycles. The molecule has 0 saturated heterocycles. The van der Waals surface area contributed by atoms with Crippen LogP contribution < -0.4 is 5.32 Å². The van der Waals surface area contributed by atoms with Gasteiger partial charge in [-0.25, -0.2) is 4.98 Å². The topological polar surface area (TPSA) is 29.9 Å². The van der Waals surface area contributed by atoms with Crippen LogP contribution in [0.3, 0.4) is 0 Å². The van der Waals surface area contributed by atoms with Crippen LogP contribution in [0.15, 0.2) is 30.0 Å². The molecule has 92 valence electrons. The molecule has 2 heterocycles. The van der Waals surface area contributed by atoms with E-state index in [1.807, 2.05) is 23.9 Å². The molecule has 0 radical (unpaired) electrons. The Labute approximate surface area is 107 Å². The molecule has 0 amide bonds. The van der Waals surface area contributed by atoms with Gasteiger partial charge in [0.1, 0.15) is 0 Å². The van der Waals surface area contributed by atoms with Crippen LogP contribution in [0.1, 0.15) is 30.0 Å². The van der Waals surface area contributed by atoms with Gasteiger partial charge in [-0.3, -0.25) is 0 Å². The van der Waals surface area contributed by atoms with E-state index >= 15 is 0 Å².